The Morgan fingerprint density at radius 3 is 2.95 bits per heavy atom. The highest BCUT2D eigenvalue weighted by Gasteiger charge is 2.21. The number of nitrogens with one attached hydrogen (secondary N) is 1. The SMILES string of the molecule is CNC(=S)N(Cc1ccccc1OC)CC1CCCO1. The van der Waals surface area contributed by atoms with E-state index in [4.69, 9.17) is 21.7 Å². The van der Waals surface area contributed by atoms with Crippen LogP contribution in [0.2, 0.25) is 0 Å². The number of ether oxygens (including phenoxy) is 2. The van der Waals surface area contributed by atoms with Crippen molar-refractivity contribution in [3.8, 4) is 5.75 Å². The minimum absolute atomic E-state index is 0.274. The maximum atomic E-state index is 5.71. The predicted molar refractivity (Wildman–Crippen MR) is 84.0 cm³/mol. The maximum absolute atomic E-state index is 5.71. The quantitative estimate of drug-likeness (QED) is 0.842. The van der Waals surface area contributed by atoms with Gasteiger partial charge in [0.15, 0.2) is 5.11 Å². The summed E-state index contributed by atoms with van der Waals surface area (Å²) in [6.45, 7) is 2.40. The molecule has 1 aliphatic heterocycles. The van der Waals surface area contributed by atoms with Gasteiger partial charge in [0.25, 0.3) is 0 Å². The minimum Gasteiger partial charge on any atom is -0.496 e. The van der Waals surface area contributed by atoms with Crippen LogP contribution in [-0.2, 0) is 11.3 Å². The monoisotopic (exact) mass is 294 g/mol. The van der Waals surface area contributed by atoms with Gasteiger partial charge >= 0.3 is 0 Å². The molecular weight excluding hydrogens is 272 g/mol. The number of methoxy groups -OCH3 is 1. The fraction of sp³-hybridized carbons (Fsp3) is 0.533. The molecule has 1 aromatic rings. The van der Waals surface area contributed by atoms with Gasteiger partial charge < -0.3 is 19.7 Å². The maximum Gasteiger partial charge on any atom is 0.169 e. The first-order valence-electron chi connectivity index (χ1n) is 6.94. The van der Waals surface area contributed by atoms with E-state index in [1.165, 1.54) is 0 Å². The molecule has 1 unspecified atom stereocenters. The Morgan fingerprint density at radius 1 is 1.50 bits per heavy atom. The van der Waals surface area contributed by atoms with Gasteiger partial charge in [0, 0.05) is 32.3 Å². The molecule has 0 radical (unpaired) electrons. The van der Waals surface area contributed by atoms with Crippen molar-refractivity contribution in [2.75, 3.05) is 27.3 Å². The van der Waals surface area contributed by atoms with Crippen LogP contribution >= 0.6 is 12.2 Å². The first-order chi connectivity index (χ1) is 9.74. The zero-order chi connectivity index (χ0) is 14.4. The molecule has 1 aliphatic rings. The summed E-state index contributed by atoms with van der Waals surface area (Å²) in [5.74, 6) is 0.892. The van der Waals surface area contributed by atoms with Crippen LogP contribution in [0.4, 0.5) is 0 Å². The first kappa shape index (κ1) is 15.1. The van der Waals surface area contributed by atoms with Crippen molar-refractivity contribution in [1.82, 2.24) is 10.2 Å². The Kier molecular flexibility index (Phi) is 5.61. The predicted octanol–water partition coefficient (Wildman–Crippen LogP) is 2.18. The average molecular weight is 294 g/mol. The summed E-state index contributed by atoms with van der Waals surface area (Å²) in [5.41, 5.74) is 1.13. The van der Waals surface area contributed by atoms with Crippen molar-refractivity contribution < 1.29 is 9.47 Å². The van der Waals surface area contributed by atoms with Gasteiger partial charge in [-0.15, -0.1) is 0 Å². The average Bonchev–Trinajstić information content (AvgIpc) is 2.99. The largest absolute Gasteiger partial charge is 0.496 e. The molecule has 110 valence electrons. The topological polar surface area (TPSA) is 33.7 Å². The molecule has 5 heteroatoms. The number of nitrogens with zero attached hydrogens (tertiary/aromatic N) is 1. The molecule has 0 spiro atoms. The van der Waals surface area contributed by atoms with Gasteiger partial charge in [-0.05, 0) is 31.1 Å². The van der Waals surface area contributed by atoms with Gasteiger partial charge in [-0.3, -0.25) is 0 Å². The lowest BCUT2D eigenvalue weighted by atomic mass is 10.1. The van der Waals surface area contributed by atoms with Crippen LogP contribution < -0.4 is 10.1 Å². The Hall–Kier alpha value is -1.33. The Labute approximate surface area is 126 Å². The van der Waals surface area contributed by atoms with Gasteiger partial charge in [-0.25, -0.2) is 0 Å². The summed E-state index contributed by atoms with van der Waals surface area (Å²) in [4.78, 5) is 2.14. The van der Waals surface area contributed by atoms with Crippen molar-refractivity contribution >= 4 is 17.3 Å². The number of para-hydroxylation sites is 1. The first-order valence-corrected chi connectivity index (χ1v) is 7.35. The highest BCUT2D eigenvalue weighted by Crippen LogP contribution is 2.21. The normalized spacial score (nSPS) is 17.8. The van der Waals surface area contributed by atoms with E-state index in [0.29, 0.717) is 0 Å². The molecule has 1 aromatic carbocycles. The number of thiocarbonyl (C=S) groups is 1. The molecule has 0 aromatic heterocycles. The molecule has 1 atom stereocenters. The molecule has 1 heterocycles. The highest BCUT2D eigenvalue weighted by atomic mass is 32.1. The molecule has 0 aliphatic carbocycles. The van der Waals surface area contributed by atoms with E-state index in [-0.39, 0.29) is 6.10 Å². The second-order valence-electron chi connectivity index (χ2n) is 4.88. The van der Waals surface area contributed by atoms with Crippen LogP contribution in [0, 0.1) is 0 Å². The third-order valence-corrected chi connectivity index (χ3v) is 3.97. The van der Waals surface area contributed by atoms with E-state index < -0.39 is 0 Å². The van der Waals surface area contributed by atoms with Crippen molar-refractivity contribution in [3.63, 3.8) is 0 Å². The lowest BCUT2D eigenvalue weighted by molar-refractivity contribution is 0.0897. The van der Waals surface area contributed by atoms with E-state index in [1.54, 1.807) is 7.11 Å². The fourth-order valence-corrected chi connectivity index (χ4v) is 2.59. The second kappa shape index (κ2) is 7.45. The van der Waals surface area contributed by atoms with Gasteiger partial charge in [0.2, 0.25) is 0 Å². The van der Waals surface area contributed by atoms with Crippen molar-refractivity contribution in [2.45, 2.75) is 25.5 Å². The lowest BCUT2D eigenvalue weighted by Gasteiger charge is -2.28. The summed E-state index contributed by atoms with van der Waals surface area (Å²) in [7, 11) is 3.55. The number of benzene rings is 1. The van der Waals surface area contributed by atoms with Gasteiger partial charge in [0.05, 0.1) is 13.2 Å². The van der Waals surface area contributed by atoms with E-state index >= 15 is 0 Å². The Balaban J connectivity index is 2.08. The number of rotatable bonds is 5. The molecule has 1 N–H and O–H groups in total. The summed E-state index contributed by atoms with van der Waals surface area (Å²) < 4.78 is 11.1. The summed E-state index contributed by atoms with van der Waals surface area (Å²) >= 11 is 5.41. The van der Waals surface area contributed by atoms with E-state index in [2.05, 4.69) is 16.3 Å². The molecule has 0 saturated carbocycles. The van der Waals surface area contributed by atoms with Gasteiger partial charge in [0.1, 0.15) is 5.75 Å². The smallest absolute Gasteiger partial charge is 0.169 e. The standard InChI is InChI=1S/C15H22N2O2S/c1-16-15(20)17(11-13-7-5-9-19-13)10-12-6-3-4-8-14(12)18-2/h3-4,6,8,13H,5,7,9-11H2,1-2H3,(H,16,20). The van der Waals surface area contributed by atoms with Crippen LogP contribution in [0.25, 0.3) is 0 Å². The lowest BCUT2D eigenvalue weighted by Crippen LogP contribution is -2.41. The zero-order valence-corrected chi connectivity index (χ0v) is 12.9. The van der Waals surface area contributed by atoms with Crippen LogP contribution in [0.15, 0.2) is 24.3 Å². The molecule has 2 rings (SSSR count). The third-order valence-electron chi connectivity index (χ3n) is 3.50. The number of hydrogen-bond donors (Lipinski definition) is 1. The molecule has 1 fully saturated rings. The van der Waals surface area contributed by atoms with E-state index in [1.807, 2.05) is 25.2 Å². The van der Waals surface area contributed by atoms with Gasteiger partial charge in [-0.1, -0.05) is 18.2 Å². The third kappa shape index (κ3) is 3.84. The zero-order valence-electron chi connectivity index (χ0n) is 12.1. The minimum atomic E-state index is 0.274. The highest BCUT2D eigenvalue weighted by molar-refractivity contribution is 7.80. The van der Waals surface area contributed by atoms with Crippen molar-refractivity contribution in [3.05, 3.63) is 29.8 Å². The van der Waals surface area contributed by atoms with Crippen LogP contribution in [0.5, 0.6) is 5.75 Å². The fourth-order valence-electron chi connectivity index (χ4n) is 2.45. The number of hydrogen-bond acceptors (Lipinski definition) is 3. The van der Waals surface area contributed by atoms with Crippen LogP contribution in [-0.4, -0.2) is 43.4 Å². The summed E-state index contributed by atoms with van der Waals surface area (Å²) in [6.07, 6.45) is 2.52. The molecule has 0 amide bonds. The molecule has 0 bridgehead atoms. The molecule has 1 saturated heterocycles. The van der Waals surface area contributed by atoms with E-state index in [0.717, 1.165) is 49.0 Å². The second-order valence-corrected chi connectivity index (χ2v) is 5.27. The molecule has 20 heavy (non-hydrogen) atoms. The summed E-state index contributed by atoms with van der Waals surface area (Å²) in [6, 6.07) is 8.04. The Bertz CT molecular complexity index is 447. The summed E-state index contributed by atoms with van der Waals surface area (Å²) in [5, 5.41) is 3.80. The van der Waals surface area contributed by atoms with Crippen LogP contribution in [0.3, 0.4) is 0 Å². The molecule has 4 nitrogen and oxygen atoms in total. The van der Waals surface area contributed by atoms with Crippen LogP contribution in [0.1, 0.15) is 18.4 Å². The van der Waals surface area contributed by atoms with E-state index in [9.17, 15) is 0 Å². The van der Waals surface area contributed by atoms with Crippen molar-refractivity contribution in [1.29, 1.82) is 0 Å². The van der Waals surface area contributed by atoms with Crippen molar-refractivity contribution in [2.24, 2.45) is 0 Å². The van der Waals surface area contributed by atoms with Gasteiger partial charge in [-0.2, -0.15) is 0 Å². The molecular formula is C15H22N2O2S. The Morgan fingerprint density at radius 2 is 2.30 bits per heavy atom.